The number of aliphatic hydroxyl groups is 1. The average molecular weight is 760 g/mol. The Morgan fingerprint density at radius 1 is 1.19 bits per heavy atom. The van der Waals surface area contributed by atoms with Crippen molar-refractivity contribution >= 4 is 40.0 Å². The van der Waals surface area contributed by atoms with Crippen molar-refractivity contribution in [2.45, 2.75) is 83.0 Å². The van der Waals surface area contributed by atoms with E-state index in [-0.39, 0.29) is 11.5 Å². The van der Waals surface area contributed by atoms with E-state index in [1.54, 1.807) is 7.11 Å². The van der Waals surface area contributed by atoms with Gasteiger partial charge in [0.05, 0.1) is 18.6 Å². The molecule has 1 aromatic rings. The Kier molecular flexibility index (Phi) is 13.2. The van der Waals surface area contributed by atoms with E-state index >= 15 is 0 Å². The molecule has 1 fully saturated rings. The number of ether oxygens (including phenoxy) is 2. The predicted molar refractivity (Wildman–Crippen MR) is 162 cm³/mol. The standard InChI is InChI=1S/C25H36N2O3.C3H7.2HI.V/c1-18-15-21(29-2)24-23-20(18)17-27(13-6-12-26-10-4-3-5-11-26)14-9-25(23)8-7-19(28)16-22(25)30-24;1-3-2;;;/h7-8,15,19,22,28H,3-6,9-14,16-17H2,1-2H3;1,3H2,2H3;2*1H;/q;-1;;;+2/p-2/t19-,22?,25?;;;;/m1..../s1. The Morgan fingerprint density at radius 3 is 2.53 bits per heavy atom. The van der Waals surface area contributed by atoms with Crippen LogP contribution in [0.1, 0.15) is 68.6 Å². The van der Waals surface area contributed by atoms with E-state index in [1.165, 1.54) is 62.0 Å². The third kappa shape index (κ3) is 7.36. The van der Waals surface area contributed by atoms with Crippen LogP contribution in [0.2, 0.25) is 0 Å². The molecule has 1 aromatic carbocycles. The van der Waals surface area contributed by atoms with Crippen LogP contribution in [0.5, 0.6) is 11.5 Å². The molecule has 1 saturated heterocycles. The molecule has 1 N–H and O–H groups in total. The Morgan fingerprint density at radius 2 is 1.86 bits per heavy atom. The fraction of sp³-hybridized carbons (Fsp3) is 0.679. The number of halogens is 2. The van der Waals surface area contributed by atoms with Gasteiger partial charge < -0.3 is 26.4 Å². The number of rotatable bonds is 5. The molecule has 36 heavy (non-hydrogen) atoms. The van der Waals surface area contributed by atoms with Gasteiger partial charge in [0.15, 0.2) is 11.5 Å². The first-order chi connectivity index (χ1) is 17.4. The fourth-order valence-electron chi connectivity index (χ4n) is 6.12. The zero-order valence-corrected chi connectivity index (χ0v) is 27.9. The number of hydrogen-bond acceptors (Lipinski definition) is 5. The van der Waals surface area contributed by atoms with Crippen LogP contribution in [0.25, 0.3) is 0 Å². The van der Waals surface area contributed by atoms with E-state index in [0.29, 0.717) is 15.9 Å². The predicted octanol–water partition coefficient (Wildman–Crippen LogP) is 6.40. The minimum absolute atomic E-state index is 0.00440. The molecule has 1 spiro atoms. The van der Waals surface area contributed by atoms with Crippen molar-refractivity contribution in [1.29, 1.82) is 0 Å². The van der Waals surface area contributed by atoms with Gasteiger partial charge in [-0.2, -0.15) is 6.42 Å². The van der Waals surface area contributed by atoms with Gasteiger partial charge in [0.2, 0.25) is 0 Å². The summed E-state index contributed by atoms with van der Waals surface area (Å²) >= 11 is 4.74. The number of hydrogen-bond donors (Lipinski definition) is 1. The third-order valence-electron chi connectivity index (χ3n) is 7.79. The number of benzene rings is 1. The van der Waals surface area contributed by atoms with Gasteiger partial charge in [0.25, 0.3) is 0 Å². The zero-order chi connectivity index (χ0) is 26.1. The summed E-state index contributed by atoms with van der Waals surface area (Å²) in [5.41, 5.74) is 3.89. The van der Waals surface area contributed by atoms with Crippen molar-refractivity contribution in [2.24, 2.45) is 0 Å². The molecule has 0 bridgehead atoms. The number of nitrogens with zero attached hydrogens (tertiary/aromatic N) is 2. The second kappa shape index (κ2) is 15.3. The van der Waals surface area contributed by atoms with Crippen LogP contribution < -0.4 is 9.47 Å². The Balaban J connectivity index is 0.000000550. The summed E-state index contributed by atoms with van der Waals surface area (Å²) in [5.74, 6) is 1.75. The van der Waals surface area contributed by atoms with E-state index in [0.717, 1.165) is 44.0 Å². The van der Waals surface area contributed by atoms with E-state index in [4.69, 9.17) is 9.47 Å². The van der Waals surface area contributed by atoms with Gasteiger partial charge in [0, 0.05) is 18.5 Å². The van der Waals surface area contributed by atoms with Gasteiger partial charge in [-0.3, -0.25) is 4.90 Å². The van der Waals surface area contributed by atoms with Crippen LogP contribution in [0.15, 0.2) is 18.2 Å². The number of methoxy groups -OCH3 is 1. The summed E-state index contributed by atoms with van der Waals surface area (Å²) in [6.07, 6.45) is 11.9. The summed E-state index contributed by atoms with van der Waals surface area (Å²) in [5, 5.41) is 10.3. The number of aliphatic hydroxyl groups excluding tert-OH is 1. The molecule has 3 heterocycles. The van der Waals surface area contributed by atoms with Crippen molar-refractivity contribution in [2.75, 3.05) is 39.8 Å². The molecule has 1 aliphatic carbocycles. The van der Waals surface area contributed by atoms with Crippen LogP contribution in [-0.4, -0.2) is 66.9 Å². The summed E-state index contributed by atoms with van der Waals surface area (Å²) in [4.78, 5) is 5.28. The number of aryl methyl sites for hydroxylation is 1. The zero-order valence-electron chi connectivity index (χ0n) is 22.1. The van der Waals surface area contributed by atoms with E-state index < -0.39 is 6.10 Å². The molecule has 0 saturated carbocycles. The number of likely N-dealkylation sites (tertiary alicyclic amines) is 1. The maximum absolute atomic E-state index is 10.3. The SMILES string of the molecule is COc1cc(C)c2c3c1OC1C[C@H](O)C=CC31CCN(CCCN1CCCCC1)C2.[CH2-]CC.[I][V][I]. The summed E-state index contributed by atoms with van der Waals surface area (Å²) in [6.45, 7) is 14.7. The van der Waals surface area contributed by atoms with Crippen LogP contribution in [0, 0.1) is 13.8 Å². The molecule has 2 unspecified atom stereocenters. The average Bonchev–Trinajstić information content (AvgIpc) is 3.10. The van der Waals surface area contributed by atoms with Crippen LogP contribution >= 0.6 is 40.0 Å². The first kappa shape index (κ1) is 31.0. The van der Waals surface area contributed by atoms with Crippen molar-refractivity contribution in [3.05, 3.63) is 41.8 Å². The first-order valence-electron chi connectivity index (χ1n) is 13.3. The van der Waals surface area contributed by atoms with Crippen LogP contribution in [-0.2, 0) is 21.4 Å². The normalized spacial score (nSPS) is 26.8. The van der Waals surface area contributed by atoms with Crippen molar-refractivity contribution in [1.82, 2.24) is 9.80 Å². The van der Waals surface area contributed by atoms with Gasteiger partial charge >= 0.3 is 49.4 Å². The Hall–Kier alpha value is 0.484. The molecule has 203 valence electrons. The molecule has 0 amide bonds. The summed E-state index contributed by atoms with van der Waals surface area (Å²) < 4.78 is 12.2. The minimum atomic E-state index is -0.422. The van der Waals surface area contributed by atoms with Crippen molar-refractivity contribution < 1.29 is 24.0 Å². The second-order valence-electron chi connectivity index (χ2n) is 10.2. The Labute approximate surface area is 248 Å². The molecule has 3 aliphatic heterocycles. The van der Waals surface area contributed by atoms with Gasteiger partial charge in [-0.1, -0.05) is 25.5 Å². The third-order valence-corrected chi connectivity index (χ3v) is 7.79. The molecule has 5 rings (SSSR count). The second-order valence-corrected chi connectivity index (χ2v) is 22.0. The molecule has 5 nitrogen and oxygen atoms in total. The van der Waals surface area contributed by atoms with E-state index in [2.05, 4.69) is 75.7 Å². The summed E-state index contributed by atoms with van der Waals surface area (Å²) in [7, 11) is 2.35. The monoisotopic (exact) mass is 760 g/mol. The molecule has 4 aliphatic rings. The van der Waals surface area contributed by atoms with Crippen LogP contribution in [0.3, 0.4) is 0 Å². The number of piperidine rings is 1. The van der Waals surface area contributed by atoms with E-state index in [9.17, 15) is 5.11 Å². The molecule has 0 aromatic heterocycles. The van der Waals surface area contributed by atoms with Crippen LogP contribution in [0.4, 0.5) is 0 Å². The van der Waals surface area contributed by atoms with Crippen molar-refractivity contribution in [3.8, 4) is 11.5 Å². The molecule has 0 radical (unpaired) electrons. The first-order valence-corrected chi connectivity index (χ1v) is 22.4. The van der Waals surface area contributed by atoms with Gasteiger partial charge in [0.1, 0.15) is 6.10 Å². The topological polar surface area (TPSA) is 45.2 Å². The van der Waals surface area contributed by atoms with Gasteiger partial charge in [-0.05, 0) is 82.5 Å². The van der Waals surface area contributed by atoms with Crippen molar-refractivity contribution in [3.63, 3.8) is 0 Å². The molecular weight excluding hydrogens is 717 g/mol. The summed E-state index contributed by atoms with van der Waals surface area (Å²) in [6, 6.07) is 2.14. The van der Waals surface area contributed by atoms with E-state index in [1.807, 2.05) is 13.0 Å². The Bertz CT molecular complexity index is 864. The van der Waals surface area contributed by atoms with Gasteiger partial charge in [-0.25, -0.2) is 0 Å². The maximum atomic E-state index is 10.3. The molecule has 8 heteroatoms. The quantitative estimate of drug-likeness (QED) is 0.214. The molecule has 3 atom stereocenters. The fourth-order valence-corrected chi connectivity index (χ4v) is 6.12. The molecular formula is C28H43I2N2O3V-. The van der Waals surface area contributed by atoms with Gasteiger partial charge in [-0.15, -0.1) is 0 Å².